The first-order valence-corrected chi connectivity index (χ1v) is 10.4. The lowest BCUT2D eigenvalue weighted by Crippen LogP contribution is -2.29. The Hall–Kier alpha value is -3.87. The summed E-state index contributed by atoms with van der Waals surface area (Å²) in [5, 5.41) is 8.39. The molecule has 0 saturated carbocycles. The van der Waals surface area contributed by atoms with E-state index in [1.807, 2.05) is 50.2 Å². The van der Waals surface area contributed by atoms with Crippen molar-refractivity contribution in [3.05, 3.63) is 83.2 Å². The highest BCUT2D eigenvalue weighted by Crippen LogP contribution is 2.24. The molecule has 32 heavy (non-hydrogen) atoms. The Morgan fingerprint density at radius 1 is 0.719 bits per heavy atom. The van der Waals surface area contributed by atoms with Gasteiger partial charge in [0.05, 0.1) is 12.4 Å². The lowest BCUT2D eigenvalue weighted by Gasteiger charge is -2.12. The van der Waals surface area contributed by atoms with Crippen molar-refractivity contribution >= 4 is 5.78 Å². The summed E-state index contributed by atoms with van der Waals surface area (Å²) in [6.45, 7) is 7.84. The average molecular weight is 431 g/mol. The maximum absolute atomic E-state index is 12.4. The molecule has 0 bridgehead atoms. The number of hydrogen-bond acceptors (Lipinski definition) is 5. The Bertz CT molecular complexity index is 1160. The van der Waals surface area contributed by atoms with Crippen LogP contribution in [0.25, 0.3) is 22.5 Å². The van der Waals surface area contributed by atoms with Gasteiger partial charge in [0.15, 0.2) is 13.2 Å². The number of carbonyl (C=O) groups is 1. The van der Waals surface area contributed by atoms with E-state index in [0.29, 0.717) is 0 Å². The van der Waals surface area contributed by atoms with Crippen molar-refractivity contribution in [3.8, 4) is 22.5 Å². The standard InChI is InChI=1S/C25H26N4O3/c1-17-5-7-22(19(3)13-17)24-9-11-26-28(24)31-15-21(30)16-32-29-25(10-12-27-29)23-8-6-18(2)14-20(23)4/h5-14H,15-16H2,1-4H3. The van der Waals surface area contributed by atoms with Gasteiger partial charge in [0, 0.05) is 11.1 Å². The van der Waals surface area contributed by atoms with E-state index in [1.54, 1.807) is 12.4 Å². The zero-order valence-electron chi connectivity index (χ0n) is 18.7. The van der Waals surface area contributed by atoms with Crippen LogP contribution in [0.2, 0.25) is 0 Å². The second-order valence-electron chi connectivity index (χ2n) is 7.90. The van der Waals surface area contributed by atoms with Crippen molar-refractivity contribution in [1.29, 1.82) is 0 Å². The molecule has 0 fully saturated rings. The number of aryl methyl sites for hydroxylation is 4. The second kappa shape index (κ2) is 9.09. The summed E-state index contributed by atoms with van der Waals surface area (Å²) in [5.74, 6) is -0.228. The molecule has 0 radical (unpaired) electrons. The minimum atomic E-state index is -0.228. The Morgan fingerprint density at radius 2 is 1.16 bits per heavy atom. The van der Waals surface area contributed by atoms with Crippen molar-refractivity contribution < 1.29 is 14.5 Å². The fraction of sp³-hybridized carbons (Fsp3) is 0.240. The van der Waals surface area contributed by atoms with Crippen LogP contribution in [-0.4, -0.2) is 38.9 Å². The van der Waals surface area contributed by atoms with Gasteiger partial charge in [-0.05, 0) is 51.0 Å². The molecule has 4 aromatic rings. The molecule has 2 aromatic carbocycles. The van der Waals surface area contributed by atoms with Crippen LogP contribution in [0.4, 0.5) is 0 Å². The number of Topliss-reactive ketones (excluding diaryl/α,β-unsaturated/α-hetero) is 1. The van der Waals surface area contributed by atoms with Gasteiger partial charge in [-0.2, -0.15) is 0 Å². The largest absolute Gasteiger partial charge is 0.388 e. The Balaban J connectivity index is 1.39. The third kappa shape index (κ3) is 4.56. The van der Waals surface area contributed by atoms with E-state index in [-0.39, 0.29) is 19.0 Å². The summed E-state index contributed by atoms with van der Waals surface area (Å²) in [5.41, 5.74) is 8.19. The number of aromatic nitrogens is 4. The molecule has 0 saturated heterocycles. The highest BCUT2D eigenvalue weighted by atomic mass is 16.7. The van der Waals surface area contributed by atoms with Gasteiger partial charge in [0.25, 0.3) is 0 Å². The predicted molar refractivity (Wildman–Crippen MR) is 122 cm³/mol. The summed E-state index contributed by atoms with van der Waals surface area (Å²) in [4.78, 5) is 26.5. The van der Waals surface area contributed by atoms with Crippen LogP contribution in [0.1, 0.15) is 22.3 Å². The normalized spacial score (nSPS) is 10.9. The molecule has 7 heteroatoms. The van der Waals surface area contributed by atoms with Crippen LogP contribution in [0.15, 0.2) is 60.9 Å². The average Bonchev–Trinajstić information content (AvgIpc) is 3.40. The number of hydrogen-bond donors (Lipinski definition) is 0. The van der Waals surface area contributed by atoms with Crippen molar-refractivity contribution in [2.24, 2.45) is 0 Å². The minimum absolute atomic E-state index is 0.167. The number of benzene rings is 2. The molecule has 2 aromatic heterocycles. The first-order chi connectivity index (χ1) is 15.4. The van der Waals surface area contributed by atoms with Crippen LogP contribution < -0.4 is 9.68 Å². The van der Waals surface area contributed by atoms with Crippen LogP contribution in [0, 0.1) is 27.7 Å². The monoisotopic (exact) mass is 430 g/mol. The molecule has 2 heterocycles. The van der Waals surface area contributed by atoms with Crippen LogP contribution in [0.5, 0.6) is 0 Å². The van der Waals surface area contributed by atoms with E-state index in [9.17, 15) is 4.79 Å². The van der Waals surface area contributed by atoms with Crippen molar-refractivity contribution in [2.45, 2.75) is 27.7 Å². The van der Waals surface area contributed by atoms with Gasteiger partial charge < -0.3 is 9.68 Å². The quantitative estimate of drug-likeness (QED) is 0.426. The van der Waals surface area contributed by atoms with Gasteiger partial charge in [-0.3, -0.25) is 4.79 Å². The summed E-state index contributed by atoms with van der Waals surface area (Å²) in [6.07, 6.45) is 3.30. The summed E-state index contributed by atoms with van der Waals surface area (Å²) in [6, 6.07) is 16.0. The third-order valence-corrected chi connectivity index (χ3v) is 5.23. The maximum Gasteiger partial charge on any atom is 0.213 e. The molecule has 0 amide bonds. The Kier molecular flexibility index (Phi) is 6.07. The highest BCUT2D eigenvalue weighted by Gasteiger charge is 2.14. The fourth-order valence-electron chi connectivity index (χ4n) is 3.68. The molecule has 0 atom stereocenters. The van der Waals surface area contributed by atoms with E-state index in [2.05, 4.69) is 36.2 Å². The van der Waals surface area contributed by atoms with E-state index < -0.39 is 0 Å². The van der Waals surface area contributed by atoms with Gasteiger partial charge in [0.1, 0.15) is 11.4 Å². The summed E-state index contributed by atoms with van der Waals surface area (Å²) < 4.78 is 0. The third-order valence-electron chi connectivity index (χ3n) is 5.23. The minimum Gasteiger partial charge on any atom is -0.388 e. The lowest BCUT2D eigenvalue weighted by atomic mass is 10.0. The van der Waals surface area contributed by atoms with Gasteiger partial charge in [0.2, 0.25) is 5.78 Å². The summed E-state index contributed by atoms with van der Waals surface area (Å²) >= 11 is 0. The SMILES string of the molecule is Cc1ccc(-c2ccnn2OCC(=O)COn2nccc2-c2ccc(C)cc2C)c(C)c1. The lowest BCUT2D eigenvalue weighted by molar-refractivity contribution is -0.129. The van der Waals surface area contributed by atoms with E-state index >= 15 is 0 Å². The van der Waals surface area contributed by atoms with Crippen molar-refractivity contribution in [1.82, 2.24) is 19.9 Å². The van der Waals surface area contributed by atoms with E-state index in [1.165, 1.54) is 20.8 Å². The smallest absolute Gasteiger partial charge is 0.213 e. The number of nitrogens with zero attached hydrogens (tertiary/aromatic N) is 4. The second-order valence-corrected chi connectivity index (χ2v) is 7.90. The number of ketones is 1. The molecular formula is C25H26N4O3. The van der Waals surface area contributed by atoms with Crippen molar-refractivity contribution in [2.75, 3.05) is 13.2 Å². The highest BCUT2D eigenvalue weighted by molar-refractivity contribution is 5.81. The molecule has 0 aliphatic rings. The molecule has 7 nitrogen and oxygen atoms in total. The zero-order valence-corrected chi connectivity index (χ0v) is 18.7. The Labute approximate surface area is 187 Å². The molecule has 0 spiro atoms. The zero-order chi connectivity index (χ0) is 22.7. The maximum atomic E-state index is 12.4. The first kappa shape index (κ1) is 21.4. The fourth-order valence-corrected chi connectivity index (χ4v) is 3.68. The summed E-state index contributed by atoms with van der Waals surface area (Å²) in [7, 11) is 0. The molecule has 0 unspecified atom stereocenters. The topological polar surface area (TPSA) is 71.2 Å². The van der Waals surface area contributed by atoms with Gasteiger partial charge in [-0.25, -0.2) is 0 Å². The molecule has 0 aliphatic heterocycles. The number of rotatable bonds is 8. The Morgan fingerprint density at radius 3 is 1.56 bits per heavy atom. The molecular weight excluding hydrogens is 404 g/mol. The first-order valence-electron chi connectivity index (χ1n) is 10.4. The number of carbonyl (C=O) groups excluding carboxylic acids is 1. The molecule has 4 rings (SSSR count). The van der Waals surface area contributed by atoms with E-state index in [4.69, 9.17) is 9.68 Å². The van der Waals surface area contributed by atoms with Crippen LogP contribution in [-0.2, 0) is 4.79 Å². The molecule has 164 valence electrons. The van der Waals surface area contributed by atoms with E-state index in [0.717, 1.165) is 33.6 Å². The molecule has 0 aliphatic carbocycles. The van der Waals surface area contributed by atoms with Crippen molar-refractivity contribution in [3.63, 3.8) is 0 Å². The predicted octanol–water partition coefficient (Wildman–Crippen LogP) is 3.77. The van der Waals surface area contributed by atoms with Gasteiger partial charge in [-0.1, -0.05) is 57.2 Å². The van der Waals surface area contributed by atoms with Gasteiger partial charge >= 0.3 is 0 Å². The molecule has 0 N–H and O–H groups in total. The van der Waals surface area contributed by atoms with Crippen LogP contribution in [0.3, 0.4) is 0 Å². The van der Waals surface area contributed by atoms with Gasteiger partial charge in [-0.15, -0.1) is 10.2 Å². The van der Waals surface area contributed by atoms with Crippen LogP contribution >= 0.6 is 0 Å².